The van der Waals surface area contributed by atoms with Gasteiger partial charge in [-0.05, 0) is 37.1 Å². The molecule has 0 saturated carbocycles. The standard InChI is InChI=1S/C22H23N3O/c1-18-7-9-19(10-8-18)11-12-21(20-5-2-3-6-22(20)26)24-13-4-15-25-16-14-23-17-25/h2-3,5-12,14,16-17,26H,4,13,15H2,1H3/b12-11+,24-21?. The van der Waals surface area contributed by atoms with Gasteiger partial charge in [-0.15, -0.1) is 0 Å². The molecule has 1 N–H and O–H groups in total. The molecule has 3 aromatic rings. The van der Waals surface area contributed by atoms with Gasteiger partial charge in [0.15, 0.2) is 0 Å². The van der Waals surface area contributed by atoms with Crippen molar-refractivity contribution in [2.75, 3.05) is 6.54 Å². The van der Waals surface area contributed by atoms with E-state index in [1.165, 1.54) is 5.56 Å². The number of aryl methyl sites for hydroxylation is 2. The minimum atomic E-state index is 0.245. The summed E-state index contributed by atoms with van der Waals surface area (Å²) >= 11 is 0. The highest BCUT2D eigenvalue weighted by atomic mass is 16.3. The number of benzene rings is 2. The summed E-state index contributed by atoms with van der Waals surface area (Å²) in [5.41, 5.74) is 3.88. The average molecular weight is 345 g/mol. The second-order valence-electron chi connectivity index (χ2n) is 6.18. The van der Waals surface area contributed by atoms with Gasteiger partial charge >= 0.3 is 0 Å². The fourth-order valence-electron chi connectivity index (χ4n) is 2.64. The van der Waals surface area contributed by atoms with Crippen LogP contribution in [-0.2, 0) is 6.54 Å². The van der Waals surface area contributed by atoms with E-state index in [2.05, 4.69) is 36.2 Å². The number of aliphatic imine (C=N–C) groups is 1. The molecule has 0 aliphatic rings. The second kappa shape index (κ2) is 8.81. The highest BCUT2D eigenvalue weighted by molar-refractivity contribution is 6.12. The summed E-state index contributed by atoms with van der Waals surface area (Å²) in [6.07, 6.45) is 10.4. The Hall–Kier alpha value is -3.14. The van der Waals surface area contributed by atoms with E-state index < -0.39 is 0 Å². The lowest BCUT2D eigenvalue weighted by Crippen LogP contribution is -2.01. The monoisotopic (exact) mass is 345 g/mol. The Morgan fingerprint density at radius 3 is 2.69 bits per heavy atom. The molecule has 1 aromatic heterocycles. The van der Waals surface area contributed by atoms with Crippen molar-refractivity contribution in [3.63, 3.8) is 0 Å². The van der Waals surface area contributed by atoms with Crippen molar-refractivity contribution in [3.05, 3.63) is 90.0 Å². The maximum atomic E-state index is 10.2. The first-order valence-corrected chi connectivity index (χ1v) is 8.76. The van der Waals surface area contributed by atoms with E-state index in [1.807, 2.05) is 47.4 Å². The van der Waals surface area contributed by atoms with Gasteiger partial charge in [-0.2, -0.15) is 0 Å². The van der Waals surface area contributed by atoms with Crippen LogP contribution in [0.15, 0.2) is 78.3 Å². The van der Waals surface area contributed by atoms with E-state index in [4.69, 9.17) is 4.99 Å². The van der Waals surface area contributed by atoms with E-state index in [0.717, 1.165) is 29.8 Å². The Labute approximate surface area is 154 Å². The molecule has 2 aromatic carbocycles. The normalized spacial score (nSPS) is 12.0. The molecule has 0 bridgehead atoms. The van der Waals surface area contributed by atoms with Crippen LogP contribution in [0.4, 0.5) is 0 Å². The van der Waals surface area contributed by atoms with Crippen molar-refractivity contribution < 1.29 is 5.11 Å². The summed E-state index contributed by atoms with van der Waals surface area (Å²) in [5.74, 6) is 0.245. The number of imidazole rings is 1. The molecule has 1 heterocycles. The van der Waals surface area contributed by atoms with E-state index in [-0.39, 0.29) is 5.75 Å². The highest BCUT2D eigenvalue weighted by Gasteiger charge is 2.05. The summed E-state index contributed by atoms with van der Waals surface area (Å²) in [4.78, 5) is 8.77. The number of phenolic OH excluding ortho intramolecular Hbond substituents is 1. The number of aromatic nitrogens is 2. The Balaban J connectivity index is 1.76. The number of allylic oxidation sites excluding steroid dienone is 1. The van der Waals surface area contributed by atoms with Crippen molar-refractivity contribution in [3.8, 4) is 5.75 Å². The van der Waals surface area contributed by atoms with Gasteiger partial charge in [0, 0.05) is 31.0 Å². The van der Waals surface area contributed by atoms with Crippen molar-refractivity contribution >= 4 is 11.8 Å². The van der Waals surface area contributed by atoms with Crippen LogP contribution in [-0.4, -0.2) is 26.9 Å². The van der Waals surface area contributed by atoms with Gasteiger partial charge in [0.1, 0.15) is 5.75 Å². The molecule has 0 radical (unpaired) electrons. The molecule has 0 aliphatic carbocycles. The lowest BCUT2D eigenvalue weighted by molar-refractivity contribution is 0.474. The molecule has 132 valence electrons. The number of para-hydroxylation sites is 1. The van der Waals surface area contributed by atoms with Crippen LogP contribution in [0.1, 0.15) is 23.1 Å². The van der Waals surface area contributed by atoms with Gasteiger partial charge in [0.05, 0.1) is 12.0 Å². The van der Waals surface area contributed by atoms with Crippen LogP contribution >= 0.6 is 0 Å². The fraction of sp³-hybridized carbons (Fsp3) is 0.182. The first kappa shape index (κ1) is 17.7. The lowest BCUT2D eigenvalue weighted by Gasteiger charge is -2.06. The summed E-state index contributed by atoms with van der Waals surface area (Å²) in [6, 6.07) is 15.6. The molecule has 0 atom stereocenters. The van der Waals surface area contributed by atoms with Gasteiger partial charge in [-0.3, -0.25) is 4.99 Å². The topological polar surface area (TPSA) is 50.4 Å². The van der Waals surface area contributed by atoms with Crippen LogP contribution in [0.25, 0.3) is 6.08 Å². The summed E-state index contributed by atoms with van der Waals surface area (Å²) in [6.45, 7) is 3.63. The number of aromatic hydroxyl groups is 1. The van der Waals surface area contributed by atoms with E-state index >= 15 is 0 Å². The van der Waals surface area contributed by atoms with E-state index in [9.17, 15) is 5.11 Å². The first-order chi connectivity index (χ1) is 12.7. The Morgan fingerprint density at radius 2 is 1.96 bits per heavy atom. The third kappa shape index (κ3) is 4.93. The van der Waals surface area contributed by atoms with Crippen molar-refractivity contribution in [1.29, 1.82) is 0 Å². The predicted octanol–water partition coefficient (Wildman–Crippen LogP) is 4.49. The minimum absolute atomic E-state index is 0.245. The Morgan fingerprint density at radius 1 is 1.15 bits per heavy atom. The molecule has 0 fully saturated rings. The summed E-state index contributed by atoms with van der Waals surface area (Å²) in [5, 5.41) is 10.2. The second-order valence-corrected chi connectivity index (χ2v) is 6.18. The van der Waals surface area contributed by atoms with Crippen LogP contribution in [0.3, 0.4) is 0 Å². The third-order valence-electron chi connectivity index (χ3n) is 4.11. The molecule has 4 heteroatoms. The molecule has 0 spiro atoms. The minimum Gasteiger partial charge on any atom is -0.507 e. The van der Waals surface area contributed by atoms with Gasteiger partial charge in [0.25, 0.3) is 0 Å². The largest absolute Gasteiger partial charge is 0.507 e. The number of phenols is 1. The first-order valence-electron chi connectivity index (χ1n) is 8.76. The maximum Gasteiger partial charge on any atom is 0.124 e. The van der Waals surface area contributed by atoms with Gasteiger partial charge in [-0.25, -0.2) is 4.98 Å². The molecule has 0 saturated heterocycles. The summed E-state index contributed by atoms with van der Waals surface area (Å²) < 4.78 is 2.04. The lowest BCUT2D eigenvalue weighted by atomic mass is 10.1. The zero-order valence-corrected chi connectivity index (χ0v) is 14.9. The fourth-order valence-corrected chi connectivity index (χ4v) is 2.64. The number of hydrogen-bond acceptors (Lipinski definition) is 3. The van der Waals surface area contributed by atoms with E-state index in [0.29, 0.717) is 6.54 Å². The highest BCUT2D eigenvalue weighted by Crippen LogP contribution is 2.18. The Kier molecular flexibility index (Phi) is 5.99. The van der Waals surface area contributed by atoms with Crippen LogP contribution in [0.2, 0.25) is 0 Å². The molecule has 0 unspecified atom stereocenters. The van der Waals surface area contributed by atoms with Crippen LogP contribution < -0.4 is 0 Å². The molecule has 26 heavy (non-hydrogen) atoms. The van der Waals surface area contributed by atoms with Crippen molar-refractivity contribution in [2.24, 2.45) is 4.99 Å². The number of nitrogens with zero attached hydrogens (tertiary/aromatic N) is 3. The summed E-state index contributed by atoms with van der Waals surface area (Å²) in [7, 11) is 0. The molecular formula is C22H23N3O. The zero-order chi connectivity index (χ0) is 18.2. The SMILES string of the molecule is Cc1ccc(/C=C/C(=NCCCn2ccnc2)c2ccccc2O)cc1. The molecule has 0 aliphatic heterocycles. The molecule has 0 amide bonds. The third-order valence-corrected chi connectivity index (χ3v) is 4.11. The molecule has 3 rings (SSSR count). The predicted molar refractivity (Wildman–Crippen MR) is 107 cm³/mol. The quantitative estimate of drug-likeness (QED) is 0.507. The molecule has 4 nitrogen and oxygen atoms in total. The average Bonchev–Trinajstić information content (AvgIpc) is 3.17. The zero-order valence-electron chi connectivity index (χ0n) is 14.9. The molecular weight excluding hydrogens is 322 g/mol. The van der Waals surface area contributed by atoms with Gasteiger partial charge in [0.2, 0.25) is 0 Å². The number of hydrogen-bond donors (Lipinski definition) is 1. The van der Waals surface area contributed by atoms with E-state index in [1.54, 1.807) is 12.3 Å². The Bertz CT molecular complexity index is 878. The maximum absolute atomic E-state index is 10.2. The smallest absolute Gasteiger partial charge is 0.124 e. The van der Waals surface area contributed by atoms with Gasteiger partial charge in [-0.1, -0.05) is 48.0 Å². The van der Waals surface area contributed by atoms with Crippen molar-refractivity contribution in [2.45, 2.75) is 19.9 Å². The van der Waals surface area contributed by atoms with Gasteiger partial charge < -0.3 is 9.67 Å². The van der Waals surface area contributed by atoms with Crippen LogP contribution in [0.5, 0.6) is 5.75 Å². The number of rotatable bonds is 7. The van der Waals surface area contributed by atoms with Crippen LogP contribution in [0, 0.1) is 6.92 Å². The van der Waals surface area contributed by atoms with Crippen molar-refractivity contribution in [1.82, 2.24) is 9.55 Å².